The van der Waals surface area contributed by atoms with Crippen LogP contribution in [-0.2, 0) is 26.6 Å². The predicted octanol–water partition coefficient (Wildman–Crippen LogP) is 1.27. The summed E-state index contributed by atoms with van der Waals surface area (Å²) >= 11 is 0. The van der Waals surface area contributed by atoms with Gasteiger partial charge < -0.3 is 31.5 Å². The van der Waals surface area contributed by atoms with Crippen LogP contribution >= 0.6 is 0 Å². The second-order valence-corrected chi connectivity index (χ2v) is 11.5. The molecule has 0 spiro atoms. The summed E-state index contributed by atoms with van der Waals surface area (Å²) in [4.78, 5) is 2.39. The standard InChI is InChI=1S/C15H38N2O6Si2/c1-9-16(12-11-15-24(18-3,19-4)20-5)13-14-17(10-2)25(21-6,22-7)23-8/h9-15H2,1-8H3. The van der Waals surface area contributed by atoms with Crippen LogP contribution in [0.2, 0.25) is 6.04 Å². The second kappa shape index (κ2) is 13.3. The lowest BCUT2D eigenvalue weighted by molar-refractivity contribution is 0.0554. The minimum absolute atomic E-state index is 0.803. The lowest BCUT2D eigenvalue weighted by Gasteiger charge is -2.35. The van der Waals surface area contributed by atoms with Gasteiger partial charge in [-0.2, -0.15) is 0 Å². The Kier molecular flexibility index (Phi) is 13.4. The maximum absolute atomic E-state index is 5.58. The van der Waals surface area contributed by atoms with Crippen molar-refractivity contribution in [2.75, 3.05) is 75.4 Å². The molecule has 0 aromatic carbocycles. The average molecular weight is 399 g/mol. The maximum atomic E-state index is 5.58. The van der Waals surface area contributed by atoms with Crippen LogP contribution in [0, 0.1) is 0 Å². The fraction of sp³-hybridized carbons (Fsp3) is 1.00. The molecule has 0 saturated heterocycles. The molecule has 0 radical (unpaired) electrons. The largest absolute Gasteiger partial charge is 0.598 e. The zero-order chi connectivity index (χ0) is 19.3. The van der Waals surface area contributed by atoms with Crippen molar-refractivity contribution >= 4 is 17.8 Å². The first kappa shape index (κ1) is 25.1. The molecule has 0 aliphatic carbocycles. The summed E-state index contributed by atoms with van der Waals surface area (Å²) in [6.07, 6.45) is 0.961. The number of likely N-dealkylation sites (N-methyl/N-ethyl adjacent to an activating group) is 2. The highest BCUT2D eigenvalue weighted by Gasteiger charge is 2.45. The number of nitrogens with zero attached hydrogens (tertiary/aromatic N) is 2. The number of rotatable bonds is 16. The van der Waals surface area contributed by atoms with E-state index in [1.165, 1.54) is 0 Å². The first-order valence-corrected chi connectivity index (χ1v) is 12.4. The topological polar surface area (TPSA) is 61.9 Å². The fourth-order valence-corrected chi connectivity index (χ4v) is 6.63. The van der Waals surface area contributed by atoms with Crippen LogP contribution in [0.15, 0.2) is 0 Å². The van der Waals surface area contributed by atoms with Crippen molar-refractivity contribution < 1.29 is 26.6 Å². The van der Waals surface area contributed by atoms with E-state index < -0.39 is 17.8 Å². The van der Waals surface area contributed by atoms with Gasteiger partial charge in [-0.15, -0.1) is 0 Å². The van der Waals surface area contributed by atoms with Crippen LogP contribution in [0.3, 0.4) is 0 Å². The Bertz CT molecular complexity index is 317. The van der Waals surface area contributed by atoms with Crippen molar-refractivity contribution in [2.24, 2.45) is 0 Å². The molecular formula is C15H38N2O6Si2. The normalized spacial score (nSPS) is 13.2. The summed E-state index contributed by atoms with van der Waals surface area (Å²) in [5, 5.41) is 0. The fourth-order valence-electron chi connectivity index (χ4n) is 2.89. The van der Waals surface area contributed by atoms with E-state index in [9.17, 15) is 0 Å². The second-order valence-electron chi connectivity index (χ2n) is 5.55. The molecule has 0 rings (SSSR count). The summed E-state index contributed by atoms with van der Waals surface area (Å²) in [6.45, 7) is 8.74. The molecule has 0 unspecified atom stereocenters. The predicted molar refractivity (Wildman–Crippen MR) is 102 cm³/mol. The van der Waals surface area contributed by atoms with Gasteiger partial charge in [0.2, 0.25) is 0 Å². The summed E-state index contributed by atoms with van der Waals surface area (Å²) < 4.78 is 35.3. The van der Waals surface area contributed by atoms with E-state index in [-0.39, 0.29) is 0 Å². The monoisotopic (exact) mass is 398 g/mol. The van der Waals surface area contributed by atoms with Crippen molar-refractivity contribution in [3.63, 3.8) is 0 Å². The molecule has 0 heterocycles. The van der Waals surface area contributed by atoms with Gasteiger partial charge in [-0.05, 0) is 26.1 Å². The van der Waals surface area contributed by atoms with Crippen molar-refractivity contribution in [1.29, 1.82) is 0 Å². The van der Waals surface area contributed by atoms with E-state index in [2.05, 4.69) is 23.3 Å². The molecule has 25 heavy (non-hydrogen) atoms. The zero-order valence-corrected chi connectivity index (χ0v) is 19.3. The Morgan fingerprint density at radius 2 is 1.16 bits per heavy atom. The molecule has 0 N–H and O–H groups in total. The molecule has 8 nitrogen and oxygen atoms in total. The van der Waals surface area contributed by atoms with Gasteiger partial charge in [0.25, 0.3) is 0 Å². The first-order chi connectivity index (χ1) is 12.0. The third kappa shape index (κ3) is 7.33. The van der Waals surface area contributed by atoms with Crippen LogP contribution in [0.25, 0.3) is 0 Å². The smallest absolute Gasteiger partial charge is 0.377 e. The summed E-state index contributed by atoms with van der Waals surface area (Å²) in [5.41, 5.74) is 0. The molecular weight excluding hydrogens is 360 g/mol. The van der Waals surface area contributed by atoms with Gasteiger partial charge in [0.15, 0.2) is 0 Å². The van der Waals surface area contributed by atoms with Gasteiger partial charge in [0.1, 0.15) is 0 Å². The van der Waals surface area contributed by atoms with E-state index in [0.717, 1.165) is 45.2 Å². The van der Waals surface area contributed by atoms with Crippen LogP contribution in [0.1, 0.15) is 20.3 Å². The van der Waals surface area contributed by atoms with Crippen molar-refractivity contribution in [3.05, 3.63) is 0 Å². The number of hydrogen-bond acceptors (Lipinski definition) is 8. The van der Waals surface area contributed by atoms with Crippen LogP contribution in [-0.4, -0.2) is 103 Å². The highest BCUT2D eigenvalue weighted by atomic mass is 28.4. The zero-order valence-electron chi connectivity index (χ0n) is 17.3. The summed E-state index contributed by atoms with van der Waals surface area (Å²) in [7, 11) is 4.65. The van der Waals surface area contributed by atoms with Gasteiger partial charge in [0, 0.05) is 61.8 Å². The highest BCUT2D eigenvalue weighted by molar-refractivity contribution is 6.60. The van der Waals surface area contributed by atoms with Crippen molar-refractivity contribution in [2.45, 2.75) is 26.3 Å². The van der Waals surface area contributed by atoms with Crippen molar-refractivity contribution in [1.82, 2.24) is 9.47 Å². The Labute approximate surface area is 156 Å². The molecule has 0 aromatic heterocycles. The quantitative estimate of drug-likeness (QED) is 0.360. The molecule has 0 saturated carbocycles. The third-order valence-corrected chi connectivity index (χ3v) is 10.3. The molecule has 0 aliphatic rings. The Balaban J connectivity index is 4.58. The number of hydrogen-bond donors (Lipinski definition) is 0. The molecule has 0 aliphatic heterocycles. The van der Waals surface area contributed by atoms with E-state index in [1.807, 2.05) is 0 Å². The minimum atomic E-state index is -2.75. The molecule has 0 fully saturated rings. The SMILES string of the molecule is CCN(CCC[Si](OC)(OC)OC)CCN(CC)[Si](OC)(OC)OC. The maximum Gasteiger partial charge on any atom is 0.598 e. The average Bonchev–Trinajstić information content (AvgIpc) is 2.67. The van der Waals surface area contributed by atoms with Crippen molar-refractivity contribution in [3.8, 4) is 0 Å². The molecule has 152 valence electrons. The van der Waals surface area contributed by atoms with Gasteiger partial charge in [-0.3, -0.25) is 4.57 Å². The molecule has 10 heteroatoms. The van der Waals surface area contributed by atoms with E-state index in [0.29, 0.717) is 0 Å². The first-order valence-electron chi connectivity index (χ1n) is 8.75. The third-order valence-electron chi connectivity index (χ3n) is 4.57. The van der Waals surface area contributed by atoms with Gasteiger partial charge >= 0.3 is 17.8 Å². The highest BCUT2D eigenvalue weighted by Crippen LogP contribution is 2.16. The molecule has 0 atom stereocenters. The molecule has 0 amide bonds. The van der Waals surface area contributed by atoms with Crippen LogP contribution < -0.4 is 0 Å². The van der Waals surface area contributed by atoms with Gasteiger partial charge in [0.05, 0.1) is 0 Å². The van der Waals surface area contributed by atoms with Gasteiger partial charge in [-0.1, -0.05) is 13.8 Å². The summed E-state index contributed by atoms with van der Waals surface area (Å²) in [5.74, 6) is 0. The Hall–Kier alpha value is 0.114. The van der Waals surface area contributed by atoms with Crippen LogP contribution in [0.5, 0.6) is 0 Å². The molecule has 0 bridgehead atoms. The minimum Gasteiger partial charge on any atom is -0.377 e. The van der Waals surface area contributed by atoms with E-state index >= 15 is 0 Å². The summed E-state index contributed by atoms with van der Waals surface area (Å²) in [6, 6.07) is 0.803. The van der Waals surface area contributed by atoms with Gasteiger partial charge in [-0.25, -0.2) is 0 Å². The Morgan fingerprint density at radius 1 is 0.640 bits per heavy atom. The molecule has 0 aromatic rings. The lowest BCUT2D eigenvalue weighted by Crippen LogP contribution is -2.60. The van der Waals surface area contributed by atoms with E-state index in [4.69, 9.17) is 26.6 Å². The van der Waals surface area contributed by atoms with E-state index in [1.54, 1.807) is 42.7 Å². The lowest BCUT2D eigenvalue weighted by atomic mass is 10.4. The Morgan fingerprint density at radius 3 is 1.52 bits per heavy atom. The van der Waals surface area contributed by atoms with Crippen LogP contribution in [0.4, 0.5) is 0 Å².